The lowest BCUT2D eigenvalue weighted by Gasteiger charge is -2.33. The average molecular weight is 429 g/mol. The Morgan fingerprint density at radius 3 is 2.67 bits per heavy atom. The quantitative estimate of drug-likeness (QED) is 0.695. The summed E-state index contributed by atoms with van der Waals surface area (Å²) in [4.78, 5) is 27.0. The fraction of sp³-hybridized carbons (Fsp3) is 0.522. The predicted octanol–water partition coefficient (Wildman–Crippen LogP) is 4.63. The third kappa shape index (κ3) is 4.31. The van der Waals surface area contributed by atoms with Crippen molar-refractivity contribution in [2.24, 2.45) is 0 Å². The molecule has 2 aliphatic rings. The van der Waals surface area contributed by atoms with E-state index in [1.165, 1.54) is 12.5 Å². The normalized spacial score (nSPS) is 19.3. The average Bonchev–Trinajstić information content (AvgIpc) is 3.28. The minimum absolute atomic E-state index is 0.0523. The monoisotopic (exact) mass is 428 g/mol. The molecule has 0 aliphatic carbocycles. The first kappa shape index (κ1) is 21.1. The second kappa shape index (κ2) is 9.33. The molecule has 5 nitrogen and oxygen atoms in total. The molecule has 160 valence electrons. The van der Waals surface area contributed by atoms with Gasteiger partial charge in [-0.25, -0.2) is 14.4 Å². The summed E-state index contributed by atoms with van der Waals surface area (Å²) < 4.78 is 14.8. The second-order valence-corrected chi connectivity index (χ2v) is 9.43. The van der Waals surface area contributed by atoms with E-state index in [-0.39, 0.29) is 23.8 Å². The first-order valence-electron chi connectivity index (χ1n) is 10.8. The summed E-state index contributed by atoms with van der Waals surface area (Å²) in [6.07, 6.45) is 5.99. The van der Waals surface area contributed by atoms with Crippen molar-refractivity contribution in [3.05, 3.63) is 41.8 Å². The fourth-order valence-electron chi connectivity index (χ4n) is 4.34. The highest BCUT2D eigenvalue weighted by molar-refractivity contribution is 7.99. The molecule has 0 N–H and O–H groups in total. The highest BCUT2D eigenvalue weighted by atomic mass is 32.2. The molecule has 0 radical (unpaired) electrons. The minimum atomic E-state index is -0.373. The molecule has 30 heavy (non-hydrogen) atoms. The molecule has 1 amide bonds. The van der Waals surface area contributed by atoms with E-state index < -0.39 is 0 Å². The van der Waals surface area contributed by atoms with E-state index in [9.17, 15) is 9.18 Å². The third-order valence-electron chi connectivity index (χ3n) is 5.86. The Balaban J connectivity index is 1.77. The highest BCUT2D eigenvalue weighted by Gasteiger charge is 2.32. The lowest BCUT2D eigenvalue weighted by Crippen LogP contribution is -2.45. The Morgan fingerprint density at radius 1 is 1.23 bits per heavy atom. The van der Waals surface area contributed by atoms with E-state index in [0.717, 1.165) is 43.9 Å². The third-order valence-corrected chi connectivity index (χ3v) is 7.01. The van der Waals surface area contributed by atoms with Crippen molar-refractivity contribution in [2.75, 3.05) is 29.5 Å². The van der Waals surface area contributed by atoms with E-state index in [1.807, 2.05) is 30.5 Å². The second-order valence-electron chi connectivity index (χ2n) is 8.28. The number of anilines is 1. The van der Waals surface area contributed by atoms with Crippen LogP contribution in [0.4, 0.5) is 10.3 Å². The van der Waals surface area contributed by atoms with Crippen molar-refractivity contribution in [1.82, 2.24) is 14.9 Å². The van der Waals surface area contributed by atoms with Gasteiger partial charge in [0.2, 0.25) is 5.95 Å². The minimum Gasteiger partial charge on any atom is -0.341 e. The van der Waals surface area contributed by atoms with Crippen LogP contribution in [0.3, 0.4) is 0 Å². The van der Waals surface area contributed by atoms with Crippen molar-refractivity contribution >= 4 is 23.6 Å². The molecule has 2 saturated heterocycles. The van der Waals surface area contributed by atoms with Crippen LogP contribution in [-0.4, -0.2) is 57.5 Å². The predicted molar refractivity (Wildman–Crippen MR) is 121 cm³/mol. The molecule has 4 rings (SSSR count). The first-order valence-corrected chi connectivity index (χ1v) is 12.0. The number of thioether (sulfide) groups is 1. The maximum absolute atomic E-state index is 14.8. The summed E-state index contributed by atoms with van der Waals surface area (Å²) in [6, 6.07) is 6.79. The standard InChI is InChI=1S/C23H29FN4OS/c1-16(2)28(17-10-13-30-15-17)22(29)19-14-25-23(27-11-6-3-7-12-27)26-21(19)18-8-4-5-9-20(18)24/h4-5,8-9,14,16-17H,3,6-7,10-13,15H2,1-2H3. The zero-order valence-corrected chi connectivity index (χ0v) is 18.5. The van der Waals surface area contributed by atoms with Crippen LogP contribution >= 0.6 is 11.8 Å². The van der Waals surface area contributed by atoms with E-state index in [2.05, 4.69) is 9.88 Å². The number of aromatic nitrogens is 2. The van der Waals surface area contributed by atoms with Gasteiger partial charge < -0.3 is 9.80 Å². The summed E-state index contributed by atoms with van der Waals surface area (Å²) in [5.74, 6) is 2.09. The summed E-state index contributed by atoms with van der Waals surface area (Å²) in [6.45, 7) is 5.85. The van der Waals surface area contributed by atoms with Crippen molar-refractivity contribution in [1.29, 1.82) is 0 Å². The number of benzene rings is 1. The number of nitrogens with zero attached hydrogens (tertiary/aromatic N) is 4. The zero-order valence-electron chi connectivity index (χ0n) is 17.7. The molecule has 3 heterocycles. The van der Waals surface area contributed by atoms with E-state index in [4.69, 9.17) is 4.98 Å². The number of amides is 1. The number of hydrogen-bond acceptors (Lipinski definition) is 5. The topological polar surface area (TPSA) is 49.3 Å². The van der Waals surface area contributed by atoms with Gasteiger partial charge in [-0.05, 0) is 57.4 Å². The van der Waals surface area contributed by atoms with Gasteiger partial charge in [-0.15, -0.1) is 0 Å². The van der Waals surface area contributed by atoms with Gasteiger partial charge in [-0.1, -0.05) is 12.1 Å². The molecule has 1 atom stereocenters. The van der Waals surface area contributed by atoms with Gasteiger partial charge in [0, 0.05) is 42.7 Å². The molecule has 0 saturated carbocycles. The van der Waals surface area contributed by atoms with Crippen LogP contribution in [0.25, 0.3) is 11.3 Å². The van der Waals surface area contributed by atoms with Crippen LogP contribution in [0, 0.1) is 5.82 Å². The van der Waals surface area contributed by atoms with Gasteiger partial charge in [0.1, 0.15) is 5.82 Å². The molecule has 2 fully saturated rings. The molecule has 2 aliphatic heterocycles. The summed E-state index contributed by atoms with van der Waals surface area (Å²) >= 11 is 1.87. The number of halogens is 1. The summed E-state index contributed by atoms with van der Waals surface area (Å²) in [5, 5.41) is 0. The lowest BCUT2D eigenvalue weighted by molar-refractivity contribution is 0.0633. The lowest BCUT2D eigenvalue weighted by atomic mass is 10.0. The Kier molecular flexibility index (Phi) is 6.56. The van der Waals surface area contributed by atoms with E-state index in [1.54, 1.807) is 24.4 Å². The first-order chi connectivity index (χ1) is 14.6. The van der Waals surface area contributed by atoms with Crippen LogP contribution in [0.5, 0.6) is 0 Å². The van der Waals surface area contributed by atoms with E-state index >= 15 is 0 Å². The van der Waals surface area contributed by atoms with Crippen LogP contribution in [0.1, 0.15) is 49.9 Å². The van der Waals surface area contributed by atoms with Gasteiger partial charge in [0.25, 0.3) is 5.91 Å². The number of piperidine rings is 1. The summed E-state index contributed by atoms with van der Waals surface area (Å²) in [7, 11) is 0. The van der Waals surface area contributed by atoms with Crippen LogP contribution < -0.4 is 4.90 Å². The molecule has 1 aromatic carbocycles. The Labute approximate surface area is 182 Å². The number of hydrogen-bond donors (Lipinski definition) is 0. The fourth-order valence-corrected chi connectivity index (χ4v) is 5.54. The van der Waals surface area contributed by atoms with Gasteiger partial charge in [-0.2, -0.15) is 11.8 Å². The molecule has 2 aromatic rings. The van der Waals surface area contributed by atoms with Gasteiger partial charge in [0.15, 0.2) is 0 Å². The van der Waals surface area contributed by atoms with Crippen molar-refractivity contribution < 1.29 is 9.18 Å². The SMILES string of the molecule is CC(C)N(C(=O)c1cnc(N2CCCCC2)nc1-c1ccccc1F)C1CCSC1. The molecule has 7 heteroatoms. The molecular formula is C23H29FN4OS. The molecule has 1 aromatic heterocycles. The maximum Gasteiger partial charge on any atom is 0.258 e. The highest BCUT2D eigenvalue weighted by Crippen LogP contribution is 2.31. The Hall–Kier alpha value is -2.15. The van der Waals surface area contributed by atoms with Crippen LogP contribution in [0.2, 0.25) is 0 Å². The largest absolute Gasteiger partial charge is 0.341 e. The Bertz CT molecular complexity index is 895. The van der Waals surface area contributed by atoms with Gasteiger partial charge in [-0.3, -0.25) is 4.79 Å². The number of rotatable bonds is 5. The molecule has 1 unspecified atom stereocenters. The van der Waals surface area contributed by atoms with Gasteiger partial charge >= 0.3 is 0 Å². The van der Waals surface area contributed by atoms with Crippen molar-refractivity contribution in [3.8, 4) is 11.3 Å². The maximum atomic E-state index is 14.8. The zero-order chi connectivity index (χ0) is 21.1. The molecular weight excluding hydrogens is 399 g/mol. The summed E-state index contributed by atoms with van der Waals surface area (Å²) in [5.41, 5.74) is 1.13. The van der Waals surface area contributed by atoms with Crippen LogP contribution in [-0.2, 0) is 0 Å². The number of carbonyl (C=O) groups is 1. The number of carbonyl (C=O) groups excluding carboxylic acids is 1. The van der Waals surface area contributed by atoms with Gasteiger partial charge in [0.05, 0.1) is 11.3 Å². The van der Waals surface area contributed by atoms with Crippen LogP contribution in [0.15, 0.2) is 30.5 Å². The Morgan fingerprint density at radius 2 is 2.00 bits per heavy atom. The molecule has 0 spiro atoms. The molecule has 0 bridgehead atoms. The smallest absolute Gasteiger partial charge is 0.258 e. The van der Waals surface area contributed by atoms with Crippen molar-refractivity contribution in [3.63, 3.8) is 0 Å². The van der Waals surface area contributed by atoms with Crippen molar-refractivity contribution in [2.45, 2.75) is 51.6 Å². The van der Waals surface area contributed by atoms with E-state index in [0.29, 0.717) is 22.8 Å².